The molecule has 0 spiro atoms. The predicted octanol–water partition coefficient (Wildman–Crippen LogP) is 6.03. The van der Waals surface area contributed by atoms with Crippen LogP contribution >= 0.6 is 23.1 Å². The van der Waals surface area contributed by atoms with Gasteiger partial charge in [0.25, 0.3) is 0 Å². The average Bonchev–Trinajstić information content (AvgIpc) is 3.54. The molecule has 4 aromatic rings. The number of fused-ring (bicyclic) bond motifs is 1. The highest BCUT2D eigenvalue weighted by molar-refractivity contribution is 7.99. The molecule has 1 N–H and O–H groups in total. The summed E-state index contributed by atoms with van der Waals surface area (Å²) in [5.74, 6) is 2.12. The molecular weight excluding hydrogens is 524 g/mol. The quantitative estimate of drug-likeness (QED) is 0.271. The first-order valence-corrected chi connectivity index (χ1v) is 14.0. The highest BCUT2D eigenvalue weighted by atomic mass is 32.2. The van der Waals surface area contributed by atoms with Gasteiger partial charge in [-0.1, -0.05) is 0 Å². The number of halogens is 4. The zero-order valence-corrected chi connectivity index (χ0v) is 21.8. The van der Waals surface area contributed by atoms with E-state index in [0.717, 1.165) is 35.3 Å². The fourth-order valence-electron chi connectivity index (χ4n) is 4.73. The van der Waals surface area contributed by atoms with Crippen LogP contribution in [0.2, 0.25) is 0 Å². The molecule has 196 valence electrons. The van der Waals surface area contributed by atoms with Gasteiger partial charge in [0.2, 0.25) is 0 Å². The number of hydrogen-bond donors (Lipinski definition) is 1. The van der Waals surface area contributed by atoms with Crippen LogP contribution in [0.1, 0.15) is 18.4 Å². The van der Waals surface area contributed by atoms with Gasteiger partial charge in [-0.2, -0.15) is 24.9 Å². The van der Waals surface area contributed by atoms with E-state index in [1.54, 1.807) is 41.5 Å². The maximum Gasteiger partial charge on any atom is 0.401 e. The van der Waals surface area contributed by atoms with Crippen molar-refractivity contribution < 1.29 is 17.6 Å². The molecule has 0 aliphatic carbocycles. The Morgan fingerprint density at radius 3 is 2.68 bits per heavy atom. The molecule has 1 saturated heterocycles. The average molecular weight is 551 g/mol. The van der Waals surface area contributed by atoms with Gasteiger partial charge in [0, 0.05) is 48.4 Å². The Kier molecular flexibility index (Phi) is 7.68. The summed E-state index contributed by atoms with van der Waals surface area (Å²) in [6.07, 6.45) is 1.19. The molecule has 6 nitrogen and oxygen atoms in total. The van der Waals surface area contributed by atoms with Gasteiger partial charge in [-0.05, 0) is 54.5 Å². The molecule has 0 unspecified atom stereocenters. The number of rotatable bonds is 8. The van der Waals surface area contributed by atoms with E-state index in [2.05, 4.69) is 15.3 Å². The second kappa shape index (κ2) is 11.0. The summed E-state index contributed by atoms with van der Waals surface area (Å²) in [6, 6.07) is 4.99. The normalized spacial score (nSPS) is 15.1. The van der Waals surface area contributed by atoms with Crippen molar-refractivity contribution in [3.63, 3.8) is 0 Å². The standard InChI is InChI=1S/C25H26F4N6S2/c1-30-23-20(26)10-17(11-31-23)21-3-2-19-16(12-35(24(19)33-21)22-13-37-15-32-22)4-7-34(14-25(27,28)29)18-5-8-36-9-6-18/h2-3,10-13,15,18H,4-9,14H2,1H3,(H,30,31). The number of thiazole rings is 1. The van der Waals surface area contributed by atoms with Gasteiger partial charge < -0.3 is 5.32 Å². The van der Waals surface area contributed by atoms with Crippen molar-refractivity contribution >= 4 is 39.9 Å². The van der Waals surface area contributed by atoms with Crippen LogP contribution in [0, 0.1) is 5.82 Å². The third-order valence-corrected chi connectivity index (χ3v) is 8.15. The smallest absolute Gasteiger partial charge is 0.371 e. The summed E-state index contributed by atoms with van der Waals surface area (Å²) >= 11 is 3.24. The number of pyridine rings is 2. The Labute approximate surface area is 220 Å². The van der Waals surface area contributed by atoms with Crippen LogP contribution in [-0.4, -0.2) is 68.3 Å². The molecule has 5 heterocycles. The summed E-state index contributed by atoms with van der Waals surface area (Å²) in [7, 11) is 1.60. The minimum Gasteiger partial charge on any atom is -0.371 e. The Balaban J connectivity index is 1.48. The second-order valence-corrected chi connectivity index (χ2v) is 10.9. The lowest BCUT2D eigenvalue weighted by Gasteiger charge is -2.34. The summed E-state index contributed by atoms with van der Waals surface area (Å²) in [5.41, 5.74) is 4.30. The van der Waals surface area contributed by atoms with Crippen LogP contribution in [0.15, 0.2) is 41.5 Å². The number of hydrogen-bond acceptors (Lipinski definition) is 7. The van der Waals surface area contributed by atoms with Gasteiger partial charge in [-0.15, -0.1) is 11.3 Å². The van der Waals surface area contributed by atoms with Crippen LogP contribution in [0.3, 0.4) is 0 Å². The Bertz CT molecular complexity index is 1350. The summed E-state index contributed by atoms with van der Waals surface area (Å²) in [6.45, 7) is -0.607. The van der Waals surface area contributed by atoms with Crippen molar-refractivity contribution in [1.29, 1.82) is 0 Å². The highest BCUT2D eigenvalue weighted by Gasteiger charge is 2.34. The molecule has 0 bridgehead atoms. The maximum absolute atomic E-state index is 14.4. The van der Waals surface area contributed by atoms with Gasteiger partial charge in [0.05, 0.1) is 17.7 Å². The number of nitrogens with zero attached hydrogens (tertiary/aromatic N) is 5. The highest BCUT2D eigenvalue weighted by Crippen LogP contribution is 2.30. The number of alkyl halides is 3. The van der Waals surface area contributed by atoms with E-state index in [0.29, 0.717) is 35.7 Å². The van der Waals surface area contributed by atoms with Crippen molar-refractivity contribution in [2.24, 2.45) is 0 Å². The van der Waals surface area contributed by atoms with E-state index in [-0.39, 0.29) is 11.9 Å². The second-order valence-electron chi connectivity index (χ2n) is 8.92. The third kappa shape index (κ3) is 5.91. The van der Waals surface area contributed by atoms with Crippen LogP contribution in [-0.2, 0) is 6.42 Å². The van der Waals surface area contributed by atoms with E-state index < -0.39 is 18.5 Å². The lowest BCUT2D eigenvalue weighted by Crippen LogP contribution is -2.44. The van der Waals surface area contributed by atoms with Gasteiger partial charge in [0.15, 0.2) is 11.6 Å². The molecule has 12 heteroatoms. The van der Waals surface area contributed by atoms with Crippen LogP contribution in [0.25, 0.3) is 28.1 Å². The molecule has 1 aliphatic heterocycles. The zero-order valence-electron chi connectivity index (χ0n) is 20.1. The molecule has 0 saturated carbocycles. The lowest BCUT2D eigenvalue weighted by atomic mass is 10.1. The molecule has 1 aliphatic rings. The number of nitrogens with one attached hydrogen (secondary N) is 1. The first kappa shape index (κ1) is 25.9. The molecule has 1 fully saturated rings. The molecule has 0 aromatic carbocycles. The third-order valence-electron chi connectivity index (χ3n) is 6.53. The first-order valence-electron chi connectivity index (χ1n) is 11.9. The molecule has 0 amide bonds. The van der Waals surface area contributed by atoms with E-state index in [1.165, 1.54) is 17.4 Å². The van der Waals surface area contributed by atoms with E-state index in [4.69, 9.17) is 4.98 Å². The minimum absolute atomic E-state index is 0.0672. The molecule has 4 aromatic heterocycles. The van der Waals surface area contributed by atoms with Gasteiger partial charge in [-0.3, -0.25) is 9.47 Å². The summed E-state index contributed by atoms with van der Waals surface area (Å²) < 4.78 is 56.4. The van der Waals surface area contributed by atoms with Gasteiger partial charge in [-0.25, -0.2) is 19.3 Å². The Hall–Kier alpha value is -2.70. The van der Waals surface area contributed by atoms with E-state index >= 15 is 0 Å². The lowest BCUT2D eigenvalue weighted by molar-refractivity contribution is -0.151. The first-order chi connectivity index (χ1) is 17.8. The number of anilines is 1. The monoisotopic (exact) mass is 550 g/mol. The van der Waals surface area contributed by atoms with Crippen LogP contribution in [0.5, 0.6) is 0 Å². The Morgan fingerprint density at radius 2 is 2.00 bits per heavy atom. The zero-order chi connectivity index (χ0) is 26.0. The Morgan fingerprint density at radius 1 is 1.19 bits per heavy atom. The molecular formula is C25H26F4N6S2. The van der Waals surface area contributed by atoms with Crippen molar-refractivity contribution in [3.05, 3.63) is 52.9 Å². The van der Waals surface area contributed by atoms with Crippen molar-refractivity contribution in [2.45, 2.75) is 31.5 Å². The van der Waals surface area contributed by atoms with Crippen LogP contribution in [0.4, 0.5) is 23.4 Å². The minimum atomic E-state index is -4.25. The summed E-state index contributed by atoms with van der Waals surface area (Å²) in [4.78, 5) is 14.9. The van der Waals surface area contributed by atoms with E-state index in [1.807, 2.05) is 22.2 Å². The largest absolute Gasteiger partial charge is 0.401 e. The summed E-state index contributed by atoms with van der Waals surface area (Å²) in [5, 5.41) is 5.42. The number of thioether (sulfide) groups is 1. The molecule has 0 radical (unpaired) electrons. The van der Waals surface area contributed by atoms with Crippen LogP contribution < -0.4 is 5.32 Å². The van der Waals surface area contributed by atoms with Gasteiger partial charge >= 0.3 is 6.18 Å². The predicted molar refractivity (Wildman–Crippen MR) is 141 cm³/mol. The van der Waals surface area contributed by atoms with Crippen molar-refractivity contribution in [2.75, 3.05) is 37.0 Å². The fourth-order valence-corrected chi connectivity index (χ4v) is 6.33. The number of aromatic nitrogens is 4. The van der Waals surface area contributed by atoms with E-state index in [9.17, 15) is 17.6 Å². The molecule has 37 heavy (non-hydrogen) atoms. The van der Waals surface area contributed by atoms with Crippen molar-refractivity contribution in [3.8, 4) is 17.1 Å². The maximum atomic E-state index is 14.4. The molecule has 0 atom stereocenters. The van der Waals surface area contributed by atoms with Crippen molar-refractivity contribution in [1.82, 2.24) is 24.4 Å². The SMILES string of the molecule is CNc1ncc(-c2ccc3c(CCN(CC(F)(F)F)C4CCSCC4)cn(-c4cscn4)c3n2)cc1F. The molecule has 5 rings (SSSR count). The fraction of sp³-hybridized carbons (Fsp3) is 0.400. The van der Waals surface area contributed by atoms with Gasteiger partial charge in [0.1, 0.15) is 11.5 Å². The topological polar surface area (TPSA) is 58.9 Å².